The van der Waals surface area contributed by atoms with Gasteiger partial charge in [-0.1, -0.05) is 18.2 Å². The Morgan fingerprint density at radius 3 is 2.68 bits per heavy atom. The lowest BCUT2D eigenvalue weighted by molar-refractivity contribution is -0.129. The van der Waals surface area contributed by atoms with Crippen LogP contribution >= 0.6 is 0 Å². The van der Waals surface area contributed by atoms with E-state index in [0.29, 0.717) is 17.6 Å². The van der Waals surface area contributed by atoms with Gasteiger partial charge in [-0.3, -0.25) is 4.79 Å². The van der Waals surface area contributed by atoms with Crippen LogP contribution in [0.5, 0.6) is 0 Å². The molecule has 2 heterocycles. The molecule has 134 valence electrons. The minimum absolute atomic E-state index is 0.0595. The summed E-state index contributed by atoms with van der Waals surface area (Å²) >= 11 is 0. The Morgan fingerprint density at radius 2 is 2.04 bits per heavy atom. The molecule has 7 nitrogen and oxygen atoms in total. The van der Waals surface area contributed by atoms with Gasteiger partial charge >= 0.3 is 5.97 Å². The maximum atomic E-state index is 12.3. The molecule has 1 fully saturated rings. The van der Waals surface area contributed by atoms with Gasteiger partial charge in [-0.15, -0.1) is 0 Å². The molecule has 1 saturated heterocycles. The van der Waals surface area contributed by atoms with Gasteiger partial charge < -0.3 is 14.5 Å². The summed E-state index contributed by atoms with van der Waals surface area (Å²) in [6, 6.07) is 6.78. The second-order valence-corrected chi connectivity index (χ2v) is 8.44. The number of rotatable bonds is 4. The number of benzene rings is 1. The van der Waals surface area contributed by atoms with Gasteiger partial charge in [-0.05, 0) is 26.3 Å². The molecule has 2 aromatic rings. The summed E-state index contributed by atoms with van der Waals surface area (Å²) in [5, 5.41) is 3.41. The third-order valence-corrected chi connectivity index (χ3v) is 6.03. The van der Waals surface area contributed by atoms with Crippen molar-refractivity contribution >= 4 is 32.7 Å². The van der Waals surface area contributed by atoms with Crippen molar-refractivity contribution in [1.82, 2.24) is 5.32 Å². The van der Waals surface area contributed by atoms with Crippen LogP contribution in [0.25, 0.3) is 11.0 Å². The monoisotopic (exact) mass is 365 g/mol. The molecule has 0 unspecified atom stereocenters. The predicted octanol–water partition coefficient (Wildman–Crippen LogP) is 1.59. The van der Waals surface area contributed by atoms with Crippen LogP contribution < -0.4 is 5.32 Å². The quantitative estimate of drug-likeness (QED) is 0.826. The molecule has 0 aliphatic carbocycles. The number of esters is 1. The molecular formula is C17H19NO6S. The SMILES string of the molecule is Cc1c(C(=O)O[C@@H](C)C(=O)N[C@H]2CCS(=O)(=O)C2)oc2ccccc12. The Morgan fingerprint density at radius 1 is 1.32 bits per heavy atom. The largest absolute Gasteiger partial charge is 0.449 e. The Bertz CT molecular complexity index is 930. The molecule has 8 heteroatoms. The van der Waals surface area contributed by atoms with Crippen molar-refractivity contribution in [2.45, 2.75) is 32.4 Å². The van der Waals surface area contributed by atoms with Crippen LogP contribution in [0.4, 0.5) is 0 Å². The number of sulfone groups is 1. The molecule has 1 aromatic heterocycles. The molecule has 25 heavy (non-hydrogen) atoms. The summed E-state index contributed by atoms with van der Waals surface area (Å²) in [5.74, 6) is -1.21. The van der Waals surface area contributed by atoms with Gasteiger partial charge in [0.05, 0.1) is 11.5 Å². The van der Waals surface area contributed by atoms with Crippen LogP contribution in [0.3, 0.4) is 0 Å². The highest BCUT2D eigenvalue weighted by atomic mass is 32.2. The first-order chi connectivity index (χ1) is 11.8. The number of carbonyl (C=O) groups excluding carboxylic acids is 2. The average molecular weight is 365 g/mol. The van der Waals surface area contributed by atoms with E-state index in [0.717, 1.165) is 5.39 Å². The van der Waals surface area contributed by atoms with E-state index in [9.17, 15) is 18.0 Å². The van der Waals surface area contributed by atoms with Crippen molar-refractivity contribution in [3.63, 3.8) is 0 Å². The second kappa shape index (κ2) is 6.51. The molecule has 1 aliphatic heterocycles. The summed E-state index contributed by atoms with van der Waals surface area (Å²) in [6.45, 7) is 3.19. The zero-order valence-corrected chi connectivity index (χ0v) is 14.8. The maximum absolute atomic E-state index is 12.3. The van der Waals surface area contributed by atoms with Gasteiger partial charge in [0.1, 0.15) is 5.58 Å². The average Bonchev–Trinajstić information content (AvgIpc) is 3.07. The van der Waals surface area contributed by atoms with Gasteiger partial charge in [0.2, 0.25) is 5.76 Å². The summed E-state index contributed by atoms with van der Waals surface area (Å²) < 4.78 is 33.6. The highest BCUT2D eigenvalue weighted by Crippen LogP contribution is 2.25. The lowest BCUT2D eigenvalue weighted by atomic mass is 10.1. The number of carbonyl (C=O) groups is 2. The van der Waals surface area contributed by atoms with E-state index in [1.54, 1.807) is 19.1 Å². The third kappa shape index (κ3) is 3.68. The fraction of sp³-hybridized carbons (Fsp3) is 0.412. The van der Waals surface area contributed by atoms with Crippen LogP contribution in [0, 0.1) is 6.92 Å². The van der Waals surface area contributed by atoms with E-state index < -0.39 is 33.9 Å². The van der Waals surface area contributed by atoms with E-state index in [-0.39, 0.29) is 17.3 Å². The number of aryl methyl sites for hydroxylation is 1. The Kier molecular flexibility index (Phi) is 4.55. The minimum Gasteiger partial charge on any atom is -0.449 e. The number of hydrogen-bond acceptors (Lipinski definition) is 6. The topological polar surface area (TPSA) is 103 Å². The van der Waals surface area contributed by atoms with E-state index in [1.165, 1.54) is 6.92 Å². The zero-order chi connectivity index (χ0) is 18.2. The number of hydrogen-bond donors (Lipinski definition) is 1. The van der Waals surface area contributed by atoms with Gasteiger partial charge in [0, 0.05) is 17.0 Å². The maximum Gasteiger partial charge on any atom is 0.375 e. The lowest BCUT2D eigenvalue weighted by Crippen LogP contribution is -2.42. The number of furan rings is 1. The van der Waals surface area contributed by atoms with E-state index in [4.69, 9.17) is 9.15 Å². The first-order valence-corrected chi connectivity index (χ1v) is 9.79. The Balaban J connectivity index is 1.65. The van der Waals surface area contributed by atoms with Crippen molar-refractivity contribution in [3.05, 3.63) is 35.6 Å². The smallest absolute Gasteiger partial charge is 0.375 e. The van der Waals surface area contributed by atoms with Gasteiger partial charge in [-0.2, -0.15) is 0 Å². The fourth-order valence-electron chi connectivity index (χ4n) is 2.86. The highest BCUT2D eigenvalue weighted by Gasteiger charge is 2.31. The summed E-state index contributed by atoms with van der Waals surface area (Å²) in [6.07, 6.45) is -0.680. The van der Waals surface area contributed by atoms with Crippen LogP contribution in [0.1, 0.15) is 29.5 Å². The summed E-state index contributed by atoms with van der Waals surface area (Å²) in [4.78, 5) is 24.4. The number of fused-ring (bicyclic) bond motifs is 1. The molecule has 1 amide bonds. The van der Waals surface area contributed by atoms with Crippen molar-refractivity contribution in [2.24, 2.45) is 0 Å². The minimum atomic E-state index is -3.09. The molecule has 0 bridgehead atoms. The van der Waals surface area contributed by atoms with Crippen molar-refractivity contribution in [3.8, 4) is 0 Å². The Hall–Kier alpha value is -2.35. The first kappa shape index (κ1) is 17.5. The Labute approximate surface area is 145 Å². The van der Waals surface area contributed by atoms with Crippen LogP contribution in [-0.4, -0.2) is 43.9 Å². The molecule has 0 saturated carbocycles. The molecule has 3 rings (SSSR count). The van der Waals surface area contributed by atoms with Crippen molar-refractivity contribution < 1.29 is 27.2 Å². The van der Waals surface area contributed by atoms with E-state index in [1.807, 2.05) is 12.1 Å². The standard InChI is InChI=1S/C17H19NO6S/c1-10-13-5-3-4-6-14(13)24-15(10)17(20)23-11(2)16(19)18-12-7-8-25(21,22)9-12/h3-6,11-12H,7-9H2,1-2H3,(H,18,19)/t11-,12-/m0/s1. The number of amides is 1. The summed E-state index contributed by atoms with van der Waals surface area (Å²) in [7, 11) is -3.09. The van der Waals surface area contributed by atoms with Gasteiger partial charge in [-0.25, -0.2) is 13.2 Å². The predicted molar refractivity (Wildman–Crippen MR) is 91.0 cm³/mol. The molecule has 0 radical (unpaired) electrons. The summed E-state index contributed by atoms with van der Waals surface area (Å²) in [5.41, 5.74) is 1.22. The van der Waals surface area contributed by atoms with Crippen LogP contribution in [-0.2, 0) is 19.4 Å². The normalized spacial score (nSPS) is 20.3. The number of para-hydroxylation sites is 1. The van der Waals surface area contributed by atoms with Crippen molar-refractivity contribution in [2.75, 3.05) is 11.5 Å². The molecule has 2 atom stereocenters. The van der Waals surface area contributed by atoms with E-state index in [2.05, 4.69) is 5.32 Å². The fourth-order valence-corrected chi connectivity index (χ4v) is 4.54. The first-order valence-electron chi connectivity index (χ1n) is 7.97. The third-order valence-electron chi connectivity index (χ3n) is 4.26. The van der Waals surface area contributed by atoms with Gasteiger partial charge in [0.15, 0.2) is 15.9 Å². The van der Waals surface area contributed by atoms with Crippen LogP contribution in [0.15, 0.2) is 28.7 Å². The lowest BCUT2D eigenvalue weighted by Gasteiger charge is -2.16. The molecule has 1 N–H and O–H groups in total. The van der Waals surface area contributed by atoms with Crippen LogP contribution in [0.2, 0.25) is 0 Å². The molecular weight excluding hydrogens is 346 g/mol. The van der Waals surface area contributed by atoms with E-state index >= 15 is 0 Å². The highest BCUT2D eigenvalue weighted by molar-refractivity contribution is 7.91. The molecule has 1 aliphatic rings. The van der Waals surface area contributed by atoms with Crippen molar-refractivity contribution in [1.29, 1.82) is 0 Å². The second-order valence-electron chi connectivity index (χ2n) is 6.21. The van der Waals surface area contributed by atoms with Gasteiger partial charge in [0.25, 0.3) is 5.91 Å². The molecule has 1 aromatic carbocycles. The molecule has 0 spiro atoms. The number of ether oxygens (including phenoxy) is 1. The number of nitrogens with one attached hydrogen (secondary N) is 1. The zero-order valence-electron chi connectivity index (χ0n) is 13.9.